The molecule has 0 fully saturated rings. The van der Waals surface area contributed by atoms with Crippen LogP contribution in [0.1, 0.15) is 43.6 Å². The smallest absolute Gasteiger partial charge is 0.415 e. The zero-order valence-electron chi connectivity index (χ0n) is 19.3. The summed E-state index contributed by atoms with van der Waals surface area (Å²) in [5, 5.41) is 0.557. The van der Waals surface area contributed by atoms with Crippen LogP contribution in [0.3, 0.4) is 0 Å². The van der Waals surface area contributed by atoms with Gasteiger partial charge in [-0.05, 0) is 80.8 Å². The Bertz CT molecular complexity index is 1110. The van der Waals surface area contributed by atoms with Crippen molar-refractivity contribution in [1.29, 1.82) is 0 Å². The number of amides is 1. The summed E-state index contributed by atoms with van der Waals surface area (Å²) in [6, 6.07) is 22.3. The quantitative estimate of drug-likeness (QED) is 0.363. The number of carbonyl (C=O) groups is 2. The number of esters is 1. The second-order valence-corrected chi connectivity index (χ2v) is 8.94. The minimum absolute atomic E-state index is 0.116. The zero-order chi connectivity index (χ0) is 24.0. The molecular formula is C27H28ClNO4. The second kappa shape index (κ2) is 10.5. The Balaban J connectivity index is 2.07. The van der Waals surface area contributed by atoms with Crippen LogP contribution in [0.15, 0.2) is 72.8 Å². The van der Waals surface area contributed by atoms with Crippen LogP contribution in [0.25, 0.3) is 11.1 Å². The largest absolute Gasteiger partial charge is 0.462 e. The highest BCUT2D eigenvalue weighted by molar-refractivity contribution is 6.30. The van der Waals surface area contributed by atoms with Gasteiger partial charge in [0.15, 0.2) is 0 Å². The molecule has 0 unspecified atom stereocenters. The van der Waals surface area contributed by atoms with Crippen molar-refractivity contribution in [2.24, 2.45) is 0 Å². The molecule has 3 aromatic rings. The molecule has 3 rings (SSSR count). The highest BCUT2D eigenvalue weighted by atomic mass is 35.5. The van der Waals surface area contributed by atoms with Gasteiger partial charge in [-0.2, -0.15) is 0 Å². The molecule has 1 amide bonds. The summed E-state index contributed by atoms with van der Waals surface area (Å²) in [5.74, 6) is -0.438. The van der Waals surface area contributed by atoms with Crippen LogP contribution in [-0.2, 0) is 16.0 Å². The lowest BCUT2D eigenvalue weighted by Gasteiger charge is -2.28. The van der Waals surface area contributed by atoms with Gasteiger partial charge in [0.05, 0.1) is 18.7 Å². The Labute approximate surface area is 199 Å². The molecule has 0 aliphatic rings. The van der Waals surface area contributed by atoms with Gasteiger partial charge in [0.1, 0.15) is 5.60 Å². The Morgan fingerprint density at radius 2 is 1.58 bits per heavy atom. The van der Waals surface area contributed by atoms with E-state index < -0.39 is 17.7 Å². The van der Waals surface area contributed by atoms with Gasteiger partial charge in [-0.15, -0.1) is 0 Å². The minimum atomic E-state index is -0.683. The van der Waals surface area contributed by atoms with E-state index in [-0.39, 0.29) is 13.2 Å². The Kier molecular flexibility index (Phi) is 7.77. The topological polar surface area (TPSA) is 55.8 Å². The van der Waals surface area contributed by atoms with E-state index in [1.807, 2.05) is 63.2 Å². The van der Waals surface area contributed by atoms with Gasteiger partial charge in [-0.25, -0.2) is 9.59 Å². The number of rotatable bonds is 6. The highest BCUT2D eigenvalue weighted by Crippen LogP contribution is 2.28. The number of halogens is 1. The lowest BCUT2D eigenvalue weighted by molar-refractivity contribution is 0.0518. The summed E-state index contributed by atoms with van der Waals surface area (Å²) >= 11 is 6.06. The molecule has 0 heterocycles. The van der Waals surface area contributed by atoms with E-state index >= 15 is 0 Å². The maximum Gasteiger partial charge on any atom is 0.415 e. The van der Waals surface area contributed by atoms with Crippen LogP contribution < -0.4 is 4.90 Å². The predicted octanol–water partition coefficient (Wildman–Crippen LogP) is 7.13. The molecule has 0 atom stereocenters. The van der Waals surface area contributed by atoms with Gasteiger partial charge < -0.3 is 9.47 Å². The van der Waals surface area contributed by atoms with Crippen molar-refractivity contribution < 1.29 is 19.1 Å². The summed E-state index contributed by atoms with van der Waals surface area (Å²) in [6.07, 6.45) is -0.523. The number of hydrogen-bond acceptors (Lipinski definition) is 4. The Morgan fingerprint density at radius 3 is 2.18 bits per heavy atom. The van der Waals surface area contributed by atoms with Gasteiger partial charge in [-0.1, -0.05) is 48.0 Å². The van der Waals surface area contributed by atoms with Gasteiger partial charge in [0, 0.05) is 10.7 Å². The number of anilines is 1. The molecule has 0 radical (unpaired) electrons. The molecular weight excluding hydrogens is 438 g/mol. The summed E-state index contributed by atoms with van der Waals surface area (Å²) in [6.45, 7) is 7.56. The Hall–Kier alpha value is -3.31. The van der Waals surface area contributed by atoms with Crippen LogP contribution in [0.2, 0.25) is 5.02 Å². The molecule has 172 valence electrons. The van der Waals surface area contributed by atoms with Gasteiger partial charge in [0.25, 0.3) is 0 Å². The molecule has 0 aliphatic carbocycles. The van der Waals surface area contributed by atoms with Crippen molar-refractivity contribution in [2.75, 3.05) is 11.5 Å². The summed E-state index contributed by atoms with van der Waals surface area (Å²) in [5.41, 5.74) is 2.91. The maximum absolute atomic E-state index is 13.2. The van der Waals surface area contributed by atoms with E-state index in [1.54, 1.807) is 37.3 Å². The fourth-order valence-corrected chi connectivity index (χ4v) is 3.44. The highest BCUT2D eigenvalue weighted by Gasteiger charge is 2.26. The van der Waals surface area contributed by atoms with E-state index in [2.05, 4.69) is 0 Å². The molecule has 6 heteroatoms. The van der Waals surface area contributed by atoms with Crippen LogP contribution in [0, 0.1) is 0 Å². The first-order valence-corrected chi connectivity index (χ1v) is 11.2. The van der Waals surface area contributed by atoms with Crippen molar-refractivity contribution in [3.05, 3.63) is 88.9 Å². The molecule has 0 aromatic heterocycles. The Morgan fingerprint density at radius 1 is 0.909 bits per heavy atom. The lowest BCUT2D eigenvalue weighted by Crippen LogP contribution is -2.37. The van der Waals surface area contributed by atoms with E-state index in [4.69, 9.17) is 21.1 Å². The van der Waals surface area contributed by atoms with E-state index in [9.17, 15) is 9.59 Å². The molecule has 0 bridgehead atoms. The molecule has 0 saturated heterocycles. The third-order valence-electron chi connectivity index (χ3n) is 4.79. The molecule has 33 heavy (non-hydrogen) atoms. The fourth-order valence-electron chi connectivity index (χ4n) is 3.31. The molecule has 3 aromatic carbocycles. The molecule has 0 N–H and O–H groups in total. The third kappa shape index (κ3) is 6.59. The van der Waals surface area contributed by atoms with Gasteiger partial charge in [-0.3, -0.25) is 4.90 Å². The van der Waals surface area contributed by atoms with Crippen LogP contribution in [0.4, 0.5) is 10.5 Å². The lowest BCUT2D eigenvalue weighted by atomic mass is 9.98. The summed E-state index contributed by atoms with van der Waals surface area (Å²) < 4.78 is 10.9. The van der Waals surface area contributed by atoms with E-state index in [1.165, 1.54) is 4.90 Å². The van der Waals surface area contributed by atoms with Crippen molar-refractivity contribution >= 4 is 29.4 Å². The number of carbonyl (C=O) groups excluding carboxylic acids is 2. The van der Waals surface area contributed by atoms with Crippen molar-refractivity contribution in [2.45, 2.75) is 39.8 Å². The molecule has 0 spiro atoms. The third-order valence-corrected chi connectivity index (χ3v) is 5.04. The van der Waals surface area contributed by atoms with Crippen molar-refractivity contribution in [3.8, 4) is 11.1 Å². The number of benzene rings is 3. The first-order chi connectivity index (χ1) is 15.7. The average molecular weight is 466 g/mol. The molecule has 5 nitrogen and oxygen atoms in total. The monoisotopic (exact) mass is 465 g/mol. The first-order valence-electron chi connectivity index (χ1n) is 10.8. The number of nitrogens with zero attached hydrogens (tertiary/aromatic N) is 1. The number of hydrogen-bond donors (Lipinski definition) is 0. The van der Waals surface area contributed by atoms with Gasteiger partial charge >= 0.3 is 12.1 Å². The standard InChI is InChI=1S/C27H28ClNO4/c1-5-32-25(30)24-16-11-20(19-9-7-6-8-10-19)17-21(24)18-29(26(31)33-27(2,3)4)23-14-12-22(28)13-15-23/h6-17H,5,18H2,1-4H3. The maximum atomic E-state index is 13.2. The van der Waals surface area contributed by atoms with Crippen LogP contribution in [-0.4, -0.2) is 24.3 Å². The minimum Gasteiger partial charge on any atom is -0.462 e. The average Bonchev–Trinajstić information content (AvgIpc) is 2.77. The predicted molar refractivity (Wildman–Crippen MR) is 132 cm³/mol. The van der Waals surface area contributed by atoms with E-state index in [0.717, 1.165) is 11.1 Å². The SMILES string of the molecule is CCOC(=O)c1ccc(-c2ccccc2)cc1CN(C(=O)OC(C)(C)C)c1ccc(Cl)cc1. The molecule has 0 saturated carbocycles. The molecule has 0 aliphatic heterocycles. The van der Waals surface area contributed by atoms with Crippen molar-refractivity contribution in [3.63, 3.8) is 0 Å². The summed E-state index contributed by atoms with van der Waals surface area (Å²) in [4.78, 5) is 27.4. The second-order valence-electron chi connectivity index (χ2n) is 8.50. The van der Waals surface area contributed by atoms with Crippen LogP contribution in [0.5, 0.6) is 0 Å². The normalized spacial score (nSPS) is 11.1. The van der Waals surface area contributed by atoms with E-state index in [0.29, 0.717) is 21.8 Å². The number of ether oxygens (including phenoxy) is 2. The van der Waals surface area contributed by atoms with Gasteiger partial charge in [0.2, 0.25) is 0 Å². The zero-order valence-corrected chi connectivity index (χ0v) is 20.1. The van der Waals surface area contributed by atoms with Crippen molar-refractivity contribution in [1.82, 2.24) is 0 Å². The fraction of sp³-hybridized carbons (Fsp3) is 0.259. The van der Waals surface area contributed by atoms with Crippen LogP contribution >= 0.6 is 11.6 Å². The summed E-state index contributed by atoms with van der Waals surface area (Å²) in [7, 11) is 0. The first kappa shape index (κ1) is 24.3.